The molecule has 0 unspecified atom stereocenters. The molecule has 106 valence electrons. The van der Waals surface area contributed by atoms with Crippen LogP contribution in [0.3, 0.4) is 0 Å². The minimum atomic E-state index is 0.653. The predicted octanol–water partition coefficient (Wildman–Crippen LogP) is 5.20. The second-order valence-electron chi connectivity index (χ2n) is 4.54. The van der Waals surface area contributed by atoms with Crippen molar-refractivity contribution in [2.45, 2.75) is 20.4 Å². The first-order valence-corrected chi connectivity index (χ1v) is 7.29. The molecule has 0 radical (unpaired) electrons. The number of halogens is 2. The third-order valence-corrected chi connectivity index (χ3v) is 3.43. The van der Waals surface area contributed by atoms with Gasteiger partial charge in [0.15, 0.2) is 0 Å². The minimum Gasteiger partial charge on any atom is -0.457 e. The molecule has 0 spiro atoms. The number of hydrogen-bond acceptors (Lipinski definition) is 2. The van der Waals surface area contributed by atoms with Gasteiger partial charge in [-0.2, -0.15) is 0 Å². The highest BCUT2D eigenvalue weighted by Gasteiger charge is 2.08. The Morgan fingerprint density at radius 3 is 2.35 bits per heavy atom. The van der Waals surface area contributed by atoms with Crippen LogP contribution in [0.5, 0.6) is 11.5 Å². The summed E-state index contributed by atoms with van der Waals surface area (Å²) in [6.45, 7) is 5.69. The molecule has 2 aromatic carbocycles. The number of hydrogen-bond donors (Lipinski definition) is 1. The van der Waals surface area contributed by atoms with Crippen LogP contribution in [0, 0.1) is 6.92 Å². The van der Waals surface area contributed by atoms with Crippen LogP contribution in [0.1, 0.15) is 18.1 Å². The first-order chi connectivity index (χ1) is 9.60. The topological polar surface area (TPSA) is 21.3 Å². The smallest absolute Gasteiger partial charge is 0.133 e. The highest BCUT2D eigenvalue weighted by Crippen LogP contribution is 2.32. The van der Waals surface area contributed by atoms with E-state index in [-0.39, 0.29) is 0 Å². The van der Waals surface area contributed by atoms with E-state index in [0.717, 1.165) is 35.7 Å². The van der Waals surface area contributed by atoms with E-state index in [4.69, 9.17) is 27.9 Å². The highest BCUT2D eigenvalue weighted by atomic mass is 35.5. The lowest BCUT2D eigenvalue weighted by atomic mass is 10.2. The van der Waals surface area contributed by atoms with E-state index in [1.165, 1.54) is 0 Å². The van der Waals surface area contributed by atoms with Crippen LogP contribution >= 0.6 is 23.2 Å². The summed E-state index contributed by atoms with van der Waals surface area (Å²) in [5.41, 5.74) is 2.10. The molecular weight excluding hydrogens is 293 g/mol. The van der Waals surface area contributed by atoms with Gasteiger partial charge in [-0.3, -0.25) is 0 Å². The van der Waals surface area contributed by atoms with Gasteiger partial charge in [0, 0.05) is 22.2 Å². The van der Waals surface area contributed by atoms with Crippen molar-refractivity contribution in [2.24, 2.45) is 0 Å². The van der Waals surface area contributed by atoms with E-state index in [9.17, 15) is 0 Å². The Kier molecular flexibility index (Phi) is 5.30. The van der Waals surface area contributed by atoms with Gasteiger partial charge in [-0.15, -0.1) is 0 Å². The Labute approximate surface area is 129 Å². The SMILES string of the molecule is CCNCc1ccc(Cl)cc1Oc1cc(Cl)ccc1C. The Morgan fingerprint density at radius 2 is 1.65 bits per heavy atom. The summed E-state index contributed by atoms with van der Waals surface area (Å²) in [4.78, 5) is 0. The van der Waals surface area contributed by atoms with Crippen LogP contribution in [0.4, 0.5) is 0 Å². The van der Waals surface area contributed by atoms with Crippen LogP contribution in [-0.2, 0) is 6.54 Å². The van der Waals surface area contributed by atoms with E-state index in [2.05, 4.69) is 12.2 Å². The van der Waals surface area contributed by atoms with E-state index in [1.807, 2.05) is 43.3 Å². The average molecular weight is 310 g/mol. The van der Waals surface area contributed by atoms with E-state index >= 15 is 0 Å². The van der Waals surface area contributed by atoms with Crippen LogP contribution in [0.2, 0.25) is 10.0 Å². The summed E-state index contributed by atoms with van der Waals surface area (Å²) in [5, 5.41) is 4.59. The maximum absolute atomic E-state index is 6.06. The molecule has 0 saturated carbocycles. The van der Waals surface area contributed by atoms with Gasteiger partial charge in [-0.05, 0) is 43.3 Å². The molecule has 0 aliphatic heterocycles. The average Bonchev–Trinajstić information content (AvgIpc) is 2.42. The Hall–Kier alpha value is -1.22. The first kappa shape index (κ1) is 15.2. The number of benzene rings is 2. The molecule has 1 N–H and O–H groups in total. The lowest BCUT2D eigenvalue weighted by Gasteiger charge is -2.14. The molecule has 2 aromatic rings. The molecule has 0 saturated heterocycles. The molecule has 4 heteroatoms. The molecule has 20 heavy (non-hydrogen) atoms. The summed E-state index contributed by atoms with van der Waals surface area (Å²) in [5.74, 6) is 1.50. The molecule has 0 atom stereocenters. The normalized spacial score (nSPS) is 10.6. The van der Waals surface area contributed by atoms with E-state index in [0.29, 0.717) is 10.0 Å². The number of ether oxygens (including phenoxy) is 1. The predicted molar refractivity (Wildman–Crippen MR) is 85.1 cm³/mol. The summed E-state index contributed by atoms with van der Waals surface area (Å²) >= 11 is 12.1. The molecule has 0 fully saturated rings. The molecule has 0 aliphatic carbocycles. The first-order valence-electron chi connectivity index (χ1n) is 6.53. The van der Waals surface area contributed by atoms with Crippen molar-refractivity contribution in [3.8, 4) is 11.5 Å². The van der Waals surface area contributed by atoms with Gasteiger partial charge in [-0.1, -0.05) is 42.3 Å². The van der Waals surface area contributed by atoms with E-state index in [1.54, 1.807) is 0 Å². The van der Waals surface area contributed by atoms with Gasteiger partial charge in [0.1, 0.15) is 11.5 Å². The summed E-state index contributed by atoms with van der Waals surface area (Å²) in [6, 6.07) is 11.3. The highest BCUT2D eigenvalue weighted by molar-refractivity contribution is 6.31. The van der Waals surface area contributed by atoms with Gasteiger partial charge < -0.3 is 10.1 Å². The number of nitrogens with one attached hydrogen (secondary N) is 1. The van der Waals surface area contributed by atoms with Crippen molar-refractivity contribution in [2.75, 3.05) is 6.54 Å². The molecule has 0 aromatic heterocycles. The van der Waals surface area contributed by atoms with Gasteiger partial charge in [0.05, 0.1) is 0 Å². The van der Waals surface area contributed by atoms with Crippen molar-refractivity contribution in [1.82, 2.24) is 5.32 Å². The third kappa shape index (κ3) is 3.89. The molecular formula is C16H17Cl2NO. The lowest BCUT2D eigenvalue weighted by molar-refractivity contribution is 0.470. The van der Waals surface area contributed by atoms with Crippen molar-refractivity contribution in [3.05, 3.63) is 57.6 Å². The van der Waals surface area contributed by atoms with Crippen molar-refractivity contribution in [1.29, 1.82) is 0 Å². The zero-order valence-corrected chi connectivity index (χ0v) is 13.1. The zero-order chi connectivity index (χ0) is 14.5. The summed E-state index contributed by atoms with van der Waals surface area (Å²) in [6.07, 6.45) is 0. The van der Waals surface area contributed by atoms with Gasteiger partial charge in [0.2, 0.25) is 0 Å². The van der Waals surface area contributed by atoms with Gasteiger partial charge >= 0.3 is 0 Å². The van der Waals surface area contributed by atoms with E-state index < -0.39 is 0 Å². The second-order valence-corrected chi connectivity index (χ2v) is 5.42. The van der Waals surface area contributed by atoms with Gasteiger partial charge in [0.25, 0.3) is 0 Å². The quantitative estimate of drug-likeness (QED) is 0.819. The minimum absolute atomic E-state index is 0.653. The zero-order valence-electron chi connectivity index (χ0n) is 11.5. The third-order valence-electron chi connectivity index (χ3n) is 2.96. The summed E-state index contributed by atoms with van der Waals surface area (Å²) < 4.78 is 5.99. The maximum atomic E-state index is 6.06. The van der Waals surface area contributed by atoms with Gasteiger partial charge in [-0.25, -0.2) is 0 Å². The number of aryl methyl sites for hydroxylation is 1. The molecule has 0 amide bonds. The van der Waals surface area contributed by atoms with Crippen LogP contribution in [0.15, 0.2) is 36.4 Å². The van der Waals surface area contributed by atoms with Crippen LogP contribution < -0.4 is 10.1 Å². The fourth-order valence-corrected chi connectivity index (χ4v) is 2.16. The largest absolute Gasteiger partial charge is 0.457 e. The molecule has 2 nitrogen and oxygen atoms in total. The maximum Gasteiger partial charge on any atom is 0.133 e. The molecule has 0 heterocycles. The van der Waals surface area contributed by atoms with Crippen molar-refractivity contribution >= 4 is 23.2 Å². The second kappa shape index (κ2) is 6.98. The Morgan fingerprint density at radius 1 is 1.00 bits per heavy atom. The Bertz CT molecular complexity index is 599. The van der Waals surface area contributed by atoms with Crippen LogP contribution in [0.25, 0.3) is 0 Å². The van der Waals surface area contributed by atoms with Crippen LogP contribution in [-0.4, -0.2) is 6.54 Å². The van der Waals surface area contributed by atoms with Crippen molar-refractivity contribution < 1.29 is 4.74 Å². The van der Waals surface area contributed by atoms with Crippen molar-refractivity contribution in [3.63, 3.8) is 0 Å². The molecule has 2 rings (SSSR count). The standard InChI is InChI=1S/C16H17Cl2NO/c1-3-19-10-12-5-7-14(18)9-16(12)20-15-8-13(17)6-4-11(15)2/h4-9,19H,3,10H2,1-2H3. The molecule has 0 aliphatic rings. The monoisotopic (exact) mass is 309 g/mol. The lowest BCUT2D eigenvalue weighted by Crippen LogP contribution is -2.12. The molecule has 0 bridgehead atoms. The fraction of sp³-hybridized carbons (Fsp3) is 0.250. The number of rotatable bonds is 5. The Balaban J connectivity index is 2.31. The fourth-order valence-electron chi connectivity index (χ4n) is 1.83. The summed E-state index contributed by atoms with van der Waals surface area (Å²) in [7, 11) is 0.